The molecule has 2 aliphatic carbocycles. The molecule has 0 radical (unpaired) electrons. The zero-order valence-corrected chi connectivity index (χ0v) is 22.3. The van der Waals surface area contributed by atoms with E-state index in [1.807, 2.05) is 23.1 Å². The van der Waals surface area contributed by atoms with Gasteiger partial charge in [-0.1, -0.05) is 34.1 Å². The first kappa shape index (κ1) is 24.9. The molecule has 0 bridgehead atoms. The summed E-state index contributed by atoms with van der Waals surface area (Å²) < 4.78 is 15.7. The van der Waals surface area contributed by atoms with Crippen molar-refractivity contribution in [2.45, 2.75) is 56.7 Å². The van der Waals surface area contributed by atoms with Crippen molar-refractivity contribution >= 4 is 32.6 Å². The quantitative estimate of drug-likeness (QED) is 0.343. The largest absolute Gasteiger partial charge is 0.329 e. The number of hydrogen-bond acceptors (Lipinski definition) is 5. The zero-order chi connectivity index (χ0) is 26.4. The Labute approximate surface area is 227 Å². The number of halogens is 2. The fourth-order valence-corrected chi connectivity index (χ4v) is 6.08. The number of carbonyl (C=O) groups is 1. The van der Waals surface area contributed by atoms with E-state index >= 15 is 4.39 Å². The molecular weight excluding hydrogens is 549 g/mol. The van der Waals surface area contributed by atoms with Gasteiger partial charge in [0, 0.05) is 34.7 Å². The third kappa shape index (κ3) is 4.23. The molecule has 1 saturated carbocycles. The van der Waals surface area contributed by atoms with Crippen molar-refractivity contribution in [3.63, 3.8) is 0 Å². The molecule has 3 N–H and O–H groups in total. The van der Waals surface area contributed by atoms with Gasteiger partial charge in [0.15, 0.2) is 0 Å². The van der Waals surface area contributed by atoms with Gasteiger partial charge in [0.1, 0.15) is 5.82 Å². The van der Waals surface area contributed by atoms with Gasteiger partial charge in [-0.2, -0.15) is 5.10 Å². The summed E-state index contributed by atoms with van der Waals surface area (Å²) >= 11 is 3.33. The fraction of sp³-hybridized carbons (Fsp3) is 0.310. The highest BCUT2D eigenvalue weighted by atomic mass is 79.9. The number of pyridine rings is 1. The lowest BCUT2D eigenvalue weighted by Gasteiger charge is -2.37. The number of nitrogens with one attached hydrogen (secondary N) is 1. The number of fused-ring (bicyclic) bond motifs is 2. The molecule has 7 nitrogen and oxygen atoms in total. The van der Waals surface area contributed by atoms with Gasteiger partial charge in [0.25, 0.3) is 5.56 Å². The van der Waals surface area contributed by atoms with Crippen LogP contribution in [0.15, 0.2) is 64.0 Å². The Balaban J connectivity index is 1.44. The Morgan fingerprint density at radius 1 is 1.18 bits per heavy atom. The van der Waals surface area contributed by atoms with Crippen LogP contribution >= 0.6 is 15.9 Å². The first-order chi connectivity index (χ1) is 18.4. The van der Waals surface area contributed by atoms with Gasteiger partial charge in [-0.25, -0.2) is 9.49 Å². The molecule has 0 aliphatic heterocycles. The summed E-state index contributed by atoms with van der Waals surface area (Å²) in [6, 6.07) is 14.2. The Bertz CT molecular complexity index is 1620. The summed E-state index contributed by atoms with van der Waals surface area (Å²) in [4.78, 5) is 33.4. The van der Waals surface area contributed by atoms with Crippen LogP contribution in [0.2, 0.25) is 0 Å². The van der Waals surface area contributed by atoms with Crippen molar-refractivity contribution in [1.82, 2.24) is 20.1 Å². The first-order valence-electron chi connectivity index (χ1n) is 12.8. The van der Waals surface area contributed by atoms with E-state index in [4.69, 9.17) is 5.73 Å². The van der Waals surface area contributed by atoms with Gasteiger partial charge in [0.05, 0.1) is 28.2 Å². The zero-order valence-electron chi connectivity index (χ0n) is 20.7. The minimum atomic E-state index is -0.749. The summed E-state index contributed by atoms with van der Waals surface area (Å²) in [7, 11) is 0. The van der Waals surface area contributed by atoms with Gasteiger partial charge in [-0.3, -0.25) is 14.6 Å². The summed E-state index contributed by atoms with van der Waals surface area (Å²) in [6.45, 7) is 0.306. The summed E-state index contributed by atoms with van der Waals surface area (Å²) in [5.74, 6) is -0.405. The number of H-pyrrole nitrogens is 1. The number of rotatable bonds is 6. The van der Waals surface area contributed by atoms with E-state index < -0.39 is 5.41 Å². The highest BCUT2D eigenvalue weighted by Gasteiger charge is 2.54. The first-order valence-corrected chi connectivity index (χ1v) is 13.6. The van der Waals surface area contributed by atoms with Crippen molar-refractivity contribution in [2.75, 3.05) is 0 Å². The van der Waals surface area contributed by atoms with Crippen molar-refractivity contribution in [2.24, 2.45) is 5.73 Å². The number of benzene rings is 2. The van der Waals surface area contributed by atoms with Crippen LogP contribution in [0.25, 0.3) is 10.8 Å². The molecule has 0 saturated heterocycles. The van der Waals surface area contributed by atoms with Crippen LogP contribution < -0.4 is 11.3 Å². The van der Waals surface area contributed by atoms with Crippen molar-refractivity contribution < 1.29 is 9.18 Å². The van der Waals surface area contributed by atoms with E-state index in [1.165, 1.54) is 6.07 Å². The summed E-state index contributed by atoms with van der Waals surface area (Å²) in [6.07, 6.45) is 5.70. The molecular formula is C29H27BrFN5O2. The SMILES string of the molecule is NCc1n[nH]c(=O)c2ccc(C3(C(=O)N(Cc4ccc(Br)cc4F)C4CCCc5cccnc54)CC3)cc12. The molecule has 2 aromatic heterocycles. The van der Waals surface area contributed by atoms with Crippen LogP contribution in [0.1, 0.15) is 59.8 Å². The molecule has 4 aromatic rings. The predicted molar refractivity (Wildman–Crippen MR) is 146 cm³/mol. The number of aryl methyl sites for hydroxylation is 1. The van der Waals surface area contributed by atoms with Gasteiger partial charge in [-0.05, 0) is 73.6 Å². The molecule has 1 atom stereocenters. The number of nitrogens with two attached hydrogens (primary N) is 1. The van der Waals surface area contributed by atoms with Gasteiger partial charge >= 0.3 is 0 Å². The molecule has 1 amide bonds. The van der Waals surface area contributed by atoms with Crippen LogP contribution in [-0.2, 0) is 29.7 Å². The molecule has 1 fully saturated rings. The lowest BCUT2D eigenvalue weighted by molar-refractivity contribution is -0.137. The van der Waals surface area contributed by atoms with Crippen molar-refractivity contribution in [1.29, 1.82) is 0 Å². The number of aromatic nitrogens is 3. The van der Waals surface area contributed by atoms with E-state index in [0.29, 0.717) is 39.3 Å². The second-order valence-corrected chi connectivity index (χ2v) is 11.1. The van der Waals surface area contributed by atoms with Gasteiger partial charge in [-0.15, -0.1) is 0 Å². The lowest BCUT2D eigenvalue weighted by Crippen LogP contribution is -2.43. The Morgan fingerprint density at radius 3 is 2.79 bits per heavy atom. The van der Waals surface area contributed by atoms with Gasteiger partial charge < -0.3 is 10.6 Å². The molecule has 1 unspecified atom stereocenters. The minimum absolute atomic E-state index is 0.0465. The fourth-order valence-electron chi connectivity index (χ4n) is 5.74. The van der Waals surface area contributed by atoms with Crippen LogP contribution in [0.4, 0.5) is 4.39 Å². The average molecular weight is 576 g/mol. The maximum Gasteiger partial charge on any atom is 0.272 e. The standard InChI is InChI=1S/C29H27BrFN5O2/c30-20-8-6-18(23(31)14-20)16-36(25-5-1-3-17-4-2-12-33-26(17)25)28(38)29(10-11-29)19-7-9-21-22(13-19)24(15-32)34-35-27(21)37/h2,4,6-9,12-14,25H,1,3,5,10-11,15-16,32H2,(H,35,37). The lowest BCUT2D eigenvalue weighted by atomic mass is 9.87. The Kier molecular flexibility index (Phi) is 6.36. The van der Waals surface area contributed by atoms with Crippen LogP contribution in [0, 0.1) is 5.82 Å². The predicted octanol–water partition coefficient (Wildman–Crippen LogP) is 4.82. The number of hydrogen-bond donors (Lipinski definition) is 2. The monoisotopic (exact) mass is 575 g/mol. The molecule has 2 heterocycles. The second-order valence-electron chi connectivity index (χ2n) is 10.2. The highest BCUT2D eigenvalue weighted by Crippen LogP contribution is 2.52. The maximum absolute atomic E-state index is 15.0. The van der Waals surface area contributed by atoms with Gasteiger partial charge in [0.2, 0.25) is 5.91 Å². The molecule has 38 heavy (non-hydrogen) atoms. The number of nitrogens with zero attached hydrogens (tertiary/aromatic N) is 3. The number of carbonyl (C=O) groups excluding carboxylic acids is 1. The highest BCUT2D eigenvalue weighted by molar-refractivity contribution is 9.10. The molecule has 194 valence electrons. The average Bonchev–Trinajstić information content (AvgIpc) is 3.74. The van der Waals surface area contributed by atoms with E-state index in [0.717, 1.165) is 36.1 Å². The number of aromatic amines is 1. The number of amides is 1. The topological polar surface area (TPSA) is 105 Å². The Hall–Kier alpha value is -3.43. The molecule has 6 rings (SSSR count). The van der Waals surface area contributed by atoms with Crippen LogP contribution in [0.5, 0.6) is 0 Å². The van der Waals surface area contributed by atoms with Crippen molar-refractivity contribution in [3.8, 4) is 0 Å². The minimum Gasteiger partial charge on any atom is -0.329 e. The van der Waals surface area contributed by atoms with E-state index in [-0.39, 0.29) is 36.4 Å². The summed E-state index contributed by atoms with van der Waals surface area (Å²) in [5, 5.41) is 7.75. The molecule has 2 aliphatic rings. The normalized spacial score (nSPS) is 17.7. The van der Waals surface area contributed by atoms with E-state index in [1.54, 1.807) is 24.4 Å². The molecule has 2 aromatic carbocycles. The maximum atomic E-state index is 15.0. The molecule has 0 spiro atoms. The van der Waals surface area contributed by atoms with Crippen LogP contribution in [0.3, 0.4) is 0 Å². The molecule has 9 heteroatoms. The third-order valence-electron chi connectivity index (χ3n) is 7.93. The third-order valence-corrected chi connectivity index (χ3v) is 8.42. The van der Waals surface area contributed by atoms with Crippen molar-refractivity contribution in [3.05, 3.63) is 103 Å². The van der Waals surface area contributed by atoms with E-state index in [9.17, 15) is 9.59 Å². The second kappa shape index (κ2) is 9.71. The summed E-state index contributed by atoms with van der Waals surface area (Å²) in [5.41, 5.74) is 8.73. The van der Waals surface area contributed by atoms with Crippen LogP contribution in [-0.4, -0.2) is 26.0 Å². The Morgan fingerprint density at radius 2 is 2.03 bits per heavy atom. The smallest absolute Gasteiger partial charge is 0.272 e. The van der Waals surface area contributed by atoms with E-state index in [2.05, 4.69) is 37.2 Å².